The fraction of sp³-hybridized carbons (Fsp3) is 0. The highest BCUT2D eigenvalue weighted by Gasteiger charge is 2.12. The number of nitrogens with zero attached hydrogens (tertiary/aromatic N) is 1. The van der Waals surface area contributed by atoms with Gasteiger partial charge in [0.05, 0.1) is 4.90 Å². The molecule has 2 aromatic rings. The van der Waals surface area contributed by atoms with Gasteiger partial charge in [0.15, 0.2) is 6.08 Å². The summed E-state index contributed by atoms with van der Waals surface area (Å²) in [7, 11) is -4.22. The Morgan fingerprint density at radius 3 is 2.24 bits per heavy atom. The molecule has 21 heavy (non-hydrogen) atoms. The third kappa shape index (κ3) is 4.39. The molecular weight excluding hydrogens is 412 g/mol. The molecule has 2 rings (SSSR count). The van der Waals surface area contributed by atoms with Gasteiger partial charge in [0.2, 0.25) is 0 Å². The summed E-state index contributed by atoms with van der Waals surface area (Å²) >= 11 is 2.07. The van der Waals surface area contributed by atoms with Crippen molar-refractivity contribution in [2.45, 2.75) is 4.90 Å². The molecule has 110 valence electrons. The molecule has 0 aromatic heterocycles. The maximum atomic E-state index is 12.7. The van der Waals surface area contributed by atoms with Crippen LogP contribution in [0.25, 0.3) is 0 Å². The van der Waals surface area contributed by atoms with Crippen molar-refractivity contribution in [1.29, 1.82) is 0 Å². The van der Waals surface area contributed by atoms with E-state index < -0.39 is 21.9 Å². The average Bonchev–Trinajstić information content (AvgIpc) is 2.41. The lowest BCUT2D eigenvalue weighted by molar-refractivity contribution is -0.239. The van der Waals surface area contributed by atoms with Gasteiger partial charge in [0.1, 0.15) is 5.82 Å². The number of halogens is 2. The number of ether oxygens (including phenoxy) is 1. The molecule has 0 bridgehead atoms. The van der Waals surface area contributed by atoms with E-state index in [0.717, 1.165) is 27.8 Å². The van der Waals surface area contributed by atoms with E-state index in [1.165, 1.54) is 12.1 Å². The molecule has 0 radical (unpaired) electrons. The monoisotopic (exact) mass is 420 g/mol. The summed E-state index contributed by atoms with van der Waals surface area (Å²) in [6.07, 6.45) is -1.26. The van der Waals surface area contributed by atoms with Crippen LogP contribution in [-0.2, 0) is 10.0 Å². The molecule has 0 aliphatic heterocycles. The van der Waals surface area contributed by atoms with Gasteiger partial charge in [-0.15, -0.1) is 4.40 Å². The SMILES string of the molecule is O=S(=O)(/N=C(/[O-])Oc1ccc(I)cc1)c1ccc(F)cc1. The molecule has 8 heteroatoms. The van der Waals surface area contributed by atoms with Gasteiger partial charge in [-0.3, -0.25) is 0 Å². The summed E-state index contributed by atoms with van der Waals surface area (Å²) in [5, 5.41) is 11.5. The average molecular weight is 420 g/mol. The molecule has 0 atom stereocenters. The van der Waals surface area contributed by atoms with Crippen LogP contribution in [0.1, 0.15) is 0 Å². The Morgan fingerprint density at radius 1 is 1.10 bits per heavy atom. The molecule has 0 aliphatic carbocycles. The second kappa shape index (κ2) is 6.39. The van der Waals surface area contributed by atoms with Crippen molar-refractivity contribution < 1.29 is 22.7 Å². The van der Waals surface area contributed by atoms with Gasteiger partial charge >= 0.3 is 0 Å². The lowest BCUT2D eigenvalue weighted by Gasteiger charge is -2.13. The molecule has 5 nitrogen and oxygen atoms in total. The summed E-state index contributed by atoms with van der Waals surface area (Å²) in [5.74, 6) is -0.408. The molecule has 0 fully saturated rings. The first kappa shape index (κ1) is 15.7. The van der Waals surface area contributed by atoms with Gasteiger partial charge in [-0.25, -0.2) is 4.39 Å². The normalized spacial score (nSPS) is 12.2. The summed E-state index contributed by atoms with van der Waals surface area (Å²) in [6.45, 7) is 0. The standard InChI is InChI=1S/C13H9FINO4S/c14-9-1-7-12(8-2-9)21(18,19)16-13(17)20-11-5-3-10(15)4-6-11/h1-8H,(H,16,17)/p-1. The minimum Gasteiger partial charge on any atom is -0.566 e. The van der Waals surface area contributed by atoms with E-state index in [1.807, 2.05) is 0 Å². The first-order valence-corrected chi connectivity index (χ1v) is 8.10. The zero-order valence-electron chi connectivity index (χ0n) is 10.4. The van der Waals surface area contributed by atoms with Gasteiger partial charge in [-0.2, -0.15) is 8.42 Å². The van der Waals surface area contributed by atoms with E-state index in [-0.39, 0.29) is 10.6 Å². The van der Waals surface area contributed by atoms with Crippen molar-refractivity contribution in [3.8, 4) is 5.75 Å². The van der Waals surface area contributed by atoms with Gasteiger partial charge < -0.3 is 9.84 Å². The van der Waals surface area contributed by atoms with E-state index in [1.54, 1.807) is 12.1 Å². The molecule has 0 spiro atoms. The number of hydrogen-bond acceptors (Lipinski definition) is 4. The summed E-state index contributed by atoms with van der Waals surface area (Å²) in [6, 6.07) is 10.4. The predicted octanol–water partition coefficient (Wildman–Crippen LogP) is 1.91. The quantitative estimate of drug-likeness (QED) is 0.432. The number of benzene rings is 2. The van der Waals surface area contributed by atoms with Crippen LogP contribution in [0.15, 0.2) is 57.8 Å². The van der Waals surface area contributed by atoms with Crippen molar-refractivity contribution in [2.75, 3.05) is 0 Å². The van der Waals surface area contributed by atoms with Crippen molar-refractivity contribution in [3.63, 3.8) is 0 Å². The van der Waals surface area contributed by atoms with Crippen LogP contribution < -0.4 is 9.84 Å². The Balaban J connectivity index is 2.20. The minimum absolute atomic E-state index is 0.179. The van der Waals surface area contributed by atoms with Crippen LogP contribution in [0.5, 0.6) is 5.75 Å². The molecular formula is C13H8FINO4S-. The lowest BCUT2D eigenvalue weighted by Crippen LogP contribution is -2.26. The van der Waals surface area contributed by atoms with E-state index in [9.17, 15) is 17.9 Å². The van der Waals surface area contributed by atoms with Gasteiger partial charge in [-0.05, 0) is 71.1 Å². The Kier molecular flexibility index (Phi) is 4.78. The summed E-state index contributed by atoms with van der Waals surface area (Å²) in [5.41, 5.74) is 0. The van der Waals surface area contributed by atoms with Crippen LogP contribution in [0, 0.1) is 9.39 Å². The van der Waals surface area contributed by atoms with E-state index in [4.69, 9.17) is 4.74 Å². The maximum Gasteiger partial charge on any atom is 0.284 e. The molecule has 0 heterocycles. The van der Waals surface area contributed by atoms with Gasteiger partial charge in [0.25, 0.3) is 10.0 Å². The topological polar surface area (TPSA) is 78.8 Å². The van der Waals surface area contributed by atoms with Crippen molar-refractivity contribution in [2.24, 2.45) is 4.40 Å². The highest BCUT2D eigenvalue weighted by atomic mass is 127. The van der Waals surface area contributed by atoms with Crippen LogP contribution in [0.4, 0.5) is 4.39 Å². The second-order valence-electron chi connectivity index (χ2n) is 3.84. The zero-order valence-corrected chi connectivity index (χ0v) is 13.3. The Morgan fingerprint density at radius 2 is 1.67 bits per heavy atom. The third-order valence-corrected chi connectivity index (χ3v) is 4.30. The Labute approximate surface area is 134 Å². The zero-order chi connectivity index (χ0) is 15.5. The van der Waals surface area contributed by atoms with E-state index in [0.29, 0.717) is 0 Å². The fourth-order valence-electron chi connectivity index (χ4n) is 1.38. The highest BCUT2D eigenvalue weighted by Crippen LogP contribution is 2.15. The fourth-order valence-corrected chi connectivity index (χ4v) is 2.56. The highest BCUT2D eigenvalue weighted by molar-refractivity contribution is 14.1. The van der Waals surface area contributed by atoms with Crippen molar-refractivity contribution >= 4 is 38.7 Å². The van der Waals surface area contributed by atoms with Crippen LogP contribution in [0.2, 0.25) is 0 Å². The number of hydrogen-bond donors (Lipinski definition) is 0. The predicted molar refractivity (Wildman–Crippen MR) is 80.8 cm³/mol. The molecule has 0 aliphatic rings. The van der Waals surface area contributed by atoms with Crippen LogP contribution in [-0.4, -0.2) is 14.5 Å². The van der Waals surface area contributed by atoms with Crippen molar-refractivity contribution in [1.82, 2.24) is 0 Å². The minimum atomic E-state index is -4.22. The molecule has 0 N–H and O–H groups in total. The first-order chi connectivity index (χ1) is 9.87. The van der Waals surface area contributed by atoms with E-state index >= 15 is 0 Å². The van der Waals surface area contributed by atoms with Gasteiger partial charge in [-0.1, -0.05) is 0 Å². The molecule has 0 saturated heterocycles. The smallest absolute Gasteiger partial charge is 0.284 e. The van der Waals surface area contributed by atoms with E-state index in [2.05, 4.69) is 27.0 Å². The molecule has 0 amide bonds. The molecule has 0 unspecified atom stereocenters. The third-order valence-electron chi connectivity index (χ3n) is 2.33. The van der Waals surface area contributed by atoms with Crippen molar-refractivity contribution in [3.05, 3.63) is 57.9 Å². The van der Waals surface area contributed by atoms with Gasteiger partial charge in [0, 0.05) is 9.32 Å². The number of rotatable bonds is 3. The maximum absolute atomic E-state index is 12.7. The summed E-state index contributed by atoms with van der Waals surface area (Å²) in [4.78, 5) is -0.288. The Bertz CT molecular complexity index is 758. The lowest BCUT2D eigenvalue weighted by atomic mass is 10.3. The Hall–Kier alpha value is -1.68. The second-order valence-corrected chi connectivity index (χ2v) is 6.69. The van der Waals surface area contributed by atoms with Crippen LogP contribution >= 0.6 is 22.6 Å². The van der Waals surface area contributed by atoms with Crippen LogP contribution in [0.3, 0.4) is 0 Å². The molecule has 0 saturated carbocycles. The number of sulfonamides is 1. The summed E-state index contributed by atoms with van der Waals surface area (Å²) < 4.78 is 45.1. The first-order valence-electron chi connectivity index (χ1n) is 5.58. The largest absolute Gasteiger partial charge is 0.566 e. The molecule has 2 aromatic carbocycles.